The number of benzene rings is 2. The topological polar surface area (TPSA) is 87.5 Å². The number of anilines is 2. The maximum atomic E-state index is 12.3. The zero-order chi connectivity index (χ0) is 18.9. The van der Waals surface area contributed by atoms with Gasteiger partial charge in [0.2, 0.25) is 0 Å². The van der Waals surface area contributed by atoms with Crippen LogP contribution in [0.2, 0.25) is 0 Å². The number of nitrogens with zero attached hydrogens (tertiary/aromatic N) is 2. The summed E-state index contributed by atoms with van der Waals surface area (Å²) >= 11 is 0. The fourth-order valence-corrected chi connectivity index (χ4v) is 2.58. The van der Waals surface area contributed by atoms with Crippen molar-refractivity contribution in [1.82, 2.24) is 10.2 Å². The Labute approximate surface area is 153 Å². The lowest BCUT2D eigenvalue weighted by molar-refractivity contribution is -0.383. The average molecular weight is 356 g/mol. The molecule has 0 saturated heterocycles. The summed E-state index contributed by atoms with van der Waals surface area (Å²) in [5.74, 6) is -0.313. The molecule has 1 amide bonds. The van der Waals surface area contributed by atoms with Crippen LogP contribution in [0.5, 0.6) is 0 Å². The molecule has 0 atom stereocenters. The van der Waals surface area contributed by atoms with Crippen molar-refractivity contribution < 1.29 is 9.72 Å². The molecule has 0 heterocycles. The maximum absolute atomic E-state index is 12.3. The highest BCUT2D eigenvalue weighted by Crippen LogP contribution is 2.28. The van der Waals surface area contributed by atoms with Crippen LogP contribution < -0.4 is 10.6 Å². The molecule has 0 aliphatic rings. The van der Waals surface area contributed by atoms with Crippen molar-refractivity contribution in [2.75, 3.05) is 31.5 Å². The number of para-hydroxylation sites is 1. The first-order chi connectivity index (χ1) is 12.5. The van der Waals surface area contributed by atoms with Crippen LogP contribution in [-0.4, -0.2) is 41.9 Å². The van der Waals surface area contributed by atoms with Crippen LogP contribution >= 0.6 is 0 Å². The first-order valence-corrected chi connectivity index (χ1v) is 8.66. The lowest BCUT2D eigenvalue weighted by Crippen LogP contribution is -2.34. The maximum Gasteiger partial charge on any atom is 0.293 e. The lowest BCUT2D eigenvalue weighted by atomic mass is 10.1. The van der Waals surface area contributed by atoms with Gasteiger partial charge in [-0.3, -0.25) is 14.9 Å². The van der Waals surface area contributed by atoms with E-state index in [-0.39, 0.29) is 17.2 Å². The number of nitro groups is 1. The Balaban J connectivity index is 2.09. The lowest BCUT2D eigenvalue weighted by Gasteiger charge is -2.18. The molecule has 0 spiro atoms. The Morgan fingerprint density at radius 2 is 1.81 bits per heavy atom. The Kier molecular flexibility index (Phi) is 7.11. The number of hydrogen-bond donors (Lipinski definition) is 2. The number of hydrogen-bond acceptors (Lipinski definition) is 5. The van der Waals surface area contributed by atoms with Crippen LogP contribution in [0.25, 0.3) is 0 Å². The molecule has 138 valence electrons. The zero-order valence-corrected chi connectivity index (χ0v) is 15.1. The Morgan fingerprint density at radius 3 is 2.42 bits per heavy atom. The van der Waals surface area contributed by atoms with Crippen molar-refractivity contribution in [3.8, 4) is 0 Å². The van der Waals surface area contributed by atoms with Gasteiger partial charge in [0.25, 0.3) is 11.6 Å². The summed E-state index contributed by atoms with van der Waals surface area (Å²) in [6, 6.07) is 13.6. The van der Waals surface area contributed by atoms with E-state index in [9.17, 15) is 14.9 Å². The number of nitrogens with one attached hydrogen (secondary N) is 2. The third-order valence-corrected chi connectivity index (χ3v) is 4.12. The number of nitro benzene ring substituents is 1. The minimum Gasteiger partial charge on any atom is -0.351 e. The first-order valence-electron chi connectivity index (χ1n) is 8.66. The summed E-state index contributed by atoms with van der Waals surface area (Å²) < 4.78 is 0. The molecule has 7 heteroatoms. The fraction of sp³-hybridized carbons (Fsp3) is 0.316. The van der Waals surface area contributed by atoms with Crippen molar-refractivity contribution in [2.24, 2.45) is 0 Å². The highest BCUT2D eigenvalue weighted by atomic mass is 16.6. The second kappa shape index (κ2) is 9.53. The average Bonchev–Trinajstić information content (AvgIpc) is 2.66. The molecule has 2 N–H and O–H groups in total. The predicted octanol–water partition coefficient (Wildman–Crippen LogP) is 3.41. The molecule has 0 aromatic heterocycles. The molecule has 26 heavy (non-hydrogen) atoms. The summed E-state index contributed by atoms with van der Waals surface area (Å²) in [6.45, 7) is 7.20. The minimum atomic E-state index is -0.488. The first kappa shape index (κ1) is 19.4. The van der Waals surface area contributed by atoms with Gasteiger partial charge in [0, 0.05) is 30.4 Å². The van der Waals surface area contributed by atoms with Gasteiger partial charge in [-0.05, 0) is 37.4 Å². The van der Waals surface area contributed by atoms with E-state index >= 15 is 0 Å². The van der Waals surface area contributed by atoms with Gasteiger partial charge in [0.15, 0.2) is 0 Å². The number of carbonyl (C=O) groups excluding carboxylic acids is 1. The van der Waals surface area contributed by atoms with Gasteiger partial charge in [-0.25, -0.2) is 0 Å². The SMILES string of the molecule is CCN(CC)CCNC(=O)c1ccc(Nc2ccccc2)c([N+](=O)[O-])c1. The third-order valence-electron chi connectivity index (χ3n) is 4.12. The van der Waals surface area contributed by atoms with E-state index in [2.05, 4.69) is 29.4 Å². The van der Waals surface area contributed by atoms with Crippen LogP contribution in [0.1, 0.15) is 24.2 Å². The van der Waals surface area contributed by atoms with Crippen LogP contribution in [-0.2, 0) is 0 Å². The second-order valence-corrected chi connectivity index (χ2v) is 5.76. The van der Waals surface area contributed by atoms with Crippen molar-refractivity contribution in [3.05, 3.63) is 64.2 Å². The molecule has 0 fully saturated rings. The monoisotopic (exact) mass is 356 g/mol. The molecule has 0 aliphatic carbocycles. The highest BCUT2D eigenvalue weighted by molar-refractivity contribution is 5.95. The van der Waals surface area contributed by atoms with Gasteiger partial charge in [-0.2, -0.15) is 0 Å². The zero-order valence-electron chi connectivity index (χ0n) is 15.1. The van der Waals surface area contributed by atoms with Gasteiger partial charge in [0.1, 0.15) is 5.69 Å². The van der Waals surface area contributed by atoms with Gasteiger partial charge in [-0.15, -0.1) is 0 Å². The van der Waals surface area contributed by atoms with Crippen molar-refractivity contribution in [3.63, 3.8) is 0 Å². The van der Waals surface area contributed by atoms with E-state index in [0.29, 0.717) is 12.2 Å². The molecular weight excluding hydrogens is 332 g/mol. The van der Waals surface area contributed by atoms with Crippen LogP contribution in [0, 0.1) is 10.1 Å². The van der Waals surface area contributed by atoms with Crippen LogP contribution in [0.15, 0.2) is 48.5 Å². The second-order valence-electron chi connectivity index (χ2n) is 5.76. The molecule has 0 radical (unpaired) electrons. The molecule has 0 bridgehead atoms. The summed E-state index contributed by atoms with van der Waals surface area (Å²) in [5, 5.41) is 17.2. The predicted molar refractivity (Wildman–Crippen MR) is 103 cm³/mol. The van der Waals surface area contributed by atoms with E-state index in [0.717, 1.165) is 25.3 Å². The quantitative estimate of drug-likeness (QED) is 0.531. The minimum absolute atomic E-state index is 0.134. The van der Waals surface area contributed by atoms with E-state index in [4.69, 9.17) is 0 Å². The molecule has 2 rings (SSSR count). The molecule has 2 aromatic carbocycles. The van der Waals surface area contributed by atoms with Crippen molar-refractivity contribution in [2.45, 2.75) is 13.8 Å². The summed E-state index contributed by atoms with van der Waals surface area (Å²) in [7, 11) is 0. The normalized spacial score (nSPS) is 10.6. The number of carbonyl (C=O) groups is 1. The molecule has 2 aromatic rings. The number of likely N-dealkylation sites (N-methyl/N-ethyl adjacent to an activating group) is 1. The highest BCUT2D eigenvalue weighted by Gasteiger charge is 2.17. The van der Waals surface area contributed by atoms with E-state index < -0.39 is 4.92 Å². The number of amides is 1. The molecule has 0 saturated carbocycles. The Morgan fingerprint density at radius 1 is 1.12 bits per heavy atom. The Hall–Kier alpha value is -2.93. The largest absolute Gasteiger partial charge is 0.351 e. The van der Waals surface area contributed by atoms with Crippen molar-refractivity contribution >= 4 is 23.0 Å². The van der Waals surface area contributed by atoms with Gasteiger partial charge >= 0.3 is 0 Å². The van der Waals surface area contributed by atoms with Crippen LogP contribution in [0.3, 0.4) is 0 Å². The molecule has 0 unspecified atom stereocenters. The van der Waals surface area contributed by atoms with Gasteiger partial charge < -0.3 is 15.5 Å². The smallest absolute Gasteiger partial charge is 0.293 e. The van der Waals surface area contributed by atoms with Crippen LogP contribution in [0.4, 0.5) is 17.1 Å². The molecule has 7 nitrogen and oxygen atoms in total. The van der Waals surface area contributed by atoms with E-state index in [1.54, 1.807) is 12.1 Å². The van der Waals surface area contributed by atoms with E-state index in [1.807, 2.05) is 30.3 Å². The summed E-state index contributed by atoms with van der Waals surface area (Å²) in [5.41, 5.74) is 1.23. The van der Waals surface area contributed by atoms with Gasteiger partial charge in [-0.1, -0.05) is 32.0 Å². The number of rotatable bonds is 9. The Bertz CT molecular complexity index is 746. The standard InChI is InChI=1S/C19H24N4O3/c1-3-22(4-2)13-12-20-19(24)15-10-11-17(18(14-15)23(25)26)21-16-8-6-5-7-9-16/h5-11,14,21H,3-4,12-13H2,1-2H3,(H,20,24). The fourth-order valence-electron chi connectivity index (χ4n) is 2.58. The molecular formula is C19H24N4O3. The third kappa shape index (κ3) is 5.29. The van der Waals surface area contributed by atoms with Crippen molar-refractivity contribution in [1.29, 1.82) is 0 Å². The van der Waals surface area contributed by atoms with Gasteiger partial charge in [0.05, 0.1) is 4.92 Å². The summed E-state index contributed by atoms with van der Waals surface area (Å²) in [6.07, 6.45) is 0. The van der Waals surface area contributed by atoms with E-state index in [1.165, 1.54) is 6.07 Å². The molecule has 0 aliphatic heterocycles. The summed E-state index contributed by atoms with van der Waals surface area (Å²) in [4.78, 5) is 25.4.